The molecule has 0 unspecified atom stereocenters. The molecule has 1 saturated carbocycles. The summed E-state index contributed by atoms with van der Waals surface area (Å²) >= 11 is 1.48. The lowest BCUT2D eigenvalue weighted by Gasteiger charge is -2.05. The van der Waals surface area contributed by atoms with E-state index in [1.54, 1.807) is 18.2 Å². The molecule has 2 heterocycles. The highest BCUT2D eigenvalue weighted by atomic mass is 32.1. The van der Waals surface area contributed by atoms with Crippen LogP contribution in [0.3, 0.4) is 0 Å². The van der Waals surface area contributed by atoms with Crippen LogP contribution in [0.4, 0.5) is 10.1 Å². The van der Waals surface area contributed by atoms with Crippen molar-refractivity contribution in [3.8, 4) is 10.8 Å². The standard InChI is InChI=1S/C18H16FN3O2S/c1-10-14(20-16(23)8-12-4-2-3-5-13(12)19)9-15(25-10)18-22-21-17(24-18)11-6-7-11/h2-5,9,11H,6-8H2,1H3,(H,20,23). The molecule has 1 fully saturated rings. The first-order chi connectivity index (χ1) is 12.1. The van der Waals surface area contributed by atoms with E-state index < -0.39 is 0 Å². The monoisotopic (exact) mass is 357 g/mol. The minimum Gasteiger partial charge on any atom is -0.420 e. The number of anilines is 1. The van der Waals surface area contributed by atoms with Gasteiger partial charge in [-0.25, -0.2) is 4.39 Å². The molecule has 0 spiro atoms. The van der Waals surface area contributed by atoms with Crippen molar-refractivity contribution < 1.29 is 13.6 Å². The van der Waals surface area contributed by atoms with Crippen LogP contribution in [0.1, 0.15) is 35.1 Å². The number of hydrogen-bond donors (Lipinski definition) is 1. The van der Waals surface area contributed by atoms with E-state index in [4.69, 9.17) is 4.42 Å². The fourth-order valence-electron chi connectivity index (χ4n) is 2.55. The number of benzene rings is 1. The van der Waals surface area contributed by atoms with Gasteiger partial charge in [-0.1, -0.05) is 18.2 Å². The van der Waals surface area contributed by atoms with Gasteiger partial charge >= 0.3 is 0 Å². The third-order valence-corrected chi connectivity index (χ3v) is 5.12. The van der Waals surface area contributed by atoms with Crippen molar-refractivity contribution in [2.75, 3.05) is 5.32 Å². The van der Waals surface area contributed by atoms with Gasteiger partial charge in [-0.05, 0) is 37.5 Å². The smallest absolute Gasteiger partial charge is 0.257 e. The number of amides is 1. The van der Waals surface area contributed by atoms with Crippen molar-refractivity contribution in [1.29, 1.82) is 0 Å². The molecule has 1 aliphatic carbocycles. The van der Waals surface area contributed by atoms with E-state index in [1.165, 1.54) is 17.4 Å². The largest absolute Gasteiger partial charge is 0.420 e. The SMILES string of the molecule is Cc1sc(-c2nnc(C3CC3)o2)cc1NC(=O)Cc1ccccc1F. The number of carbonyl (C=O) groups is 1. The third kappa shape index (κ3) is 3.46. The van der Waals surface area contributed by atoms with Crippen molar-refractivity contribution in [1.82, 2.24) is 10.2 Å². The summed E-state index contributed by atoms with van der Waals surface area (Å²) in [6, 6.07) is 8.10. The number of thiophene rings is 1. The van der Waals surface area contributed by atoms with E-state index in [0.717, 1.165) is 22.6 Å². The second-order valence-electron chi connectivity index (χ2n) is 6.12. The summed E-state index contributed by atoms with van der Waals surface area (Å²) in [5.74, 6) is 0.929. The fourth-order valence-corrected chi connectivity index (χ4v) is 3.45. The molecule has 0 radical (unpaired) electrons. The first-order valence-electron chi connectivity index (χ1n) is 8.07. The number of carbonyl (C=O) groups excluding carboxylic acids is 1. The minimum absolute atomic E-state index is 0.0102. The van der Waals surface area contributed by atoms with Crippen LogP contribution in [0, 0.1) is 12.7 Å². The molecule has 128 valence electrons. The van der Waals surface area contributed by atoms with Crippen LogP contribution in [-0.2, 0) is 11.2 Å². The second-order valence-corrected chi connectivity index (χ2v) is 7.37. The maximum atomic E-state index is 13.7. The predicted molar refractivity (Wildman–Crippen MR) is 93.1 cm³/mol. The molecule has 3 aromatic rings. The Bertz CT molecular complexity index is 930. The molecule has 1 aromatic carbocycles. The molecule has 0 atom stereocenters. The number of rotatable bonds is 5. The molecule has 2 aromatic heterocycles. The lowest BCUT2D eigenvalue weighted by atomic mass is 10.1. The Labute approximate surface area is 147 Å². The number of aryl methyl sites for hydroxylation is 1. The molecule has 0 saturated heterocycles. The number of halogens is 1. The molecule has 7 heteroatoms. The summed E-state index contributed by atoms with van der Waals surface area (Å²) in [4.78, 5) is 14.0. The fraction of sp³-hybridized carbons (Fsp3) is 0.278. The van der Waals surface area contributed by atoms with E-state index in [-0.39, 0.29) is 18.1 Å². The summed E-state index contributed by atoms with van der Waals surface area (Å²) in [5.41, 5.74) is 1.06. The highest BCUT2D eigenvalue weighted by Gasteiger charge is 2.29. The van der Waals surface area contributed by atoms with Crippen molar-refractivity contribution in [3.63, 3.8) is 0 Å². The van der Waals surface area contributed by atoms with Crippen LogP contribution in [0.2, 0.25) is 0 Å². The number of nitrogens with one attached hydrogen (secondary N) is 1. The Morgan fingerprint density at radius 2 is 2.16 bits per heavy atom. The average molecular weight is 357 g/mol. The highest BCUT2D eigenvalue weighted by Crippen LogP contribution is 2.41. The van der Waals surface area contributed by atoms with Crippen LogP contribution < -0.4 is 5.32 Å². The van der Waals surface area contributed by atoms with E-state index in [0.29, 0.717) is 29.0 Å². The average Bonchev–Trinajstić information content (AvgIpc) is 3.21. The minimum atomic E-state index is -0.376. The van der Waals surface area contributed by atoms with Crippen molar-refractivity contribution in [3.05, 3.63) is 52.5 Å². The van der Waals surface area contributed by atoms with Crippen LogP contribution in [-0.4, -0.2) is 16.1 Å². The zero-order valence-electron chi connectivity index (χ0n) is 13.6. The van der Waals surface area contributed by atoms with Gasteiger partial charge in [0.2, 0.25) is 11.8 Å². The lowest BCUT2D eigenvalue weighted by Crippen LogP contribution is -2.15. The zero-order chi connectivity index (χ0) is 17.4. The van der Waals surface area contributed by atoms with Crippen LogP contribution in [0.15, 0.2) is 34.7 Å². The van der Waals surface area contributed by atoms with E-state index in [2.05, 4.69) is 15.5 Å². The Morgan fingerprint density at radius 1 is 1.36 bits per heavy atom. The van der Waals surface area contributed by atoms with Crippen LogP contribution in [0.25, 0.3) is 10.8 Å². The number of nitrogens with zero attached hydrogens (tertiary/aromatic N) is 2. The molecule has 5 nitrogen and oxygen atoms in total. The van der Waals surface area contributed by atoms with Gasteiger partial charge in [-0.2, -0.15) is 0 Å². The van der Waals surface area contributed by atoms with Crippen molar-refractivity contribution in [2.45, 2.75) is 32.1 Å². The summed E-state index contributed by atoms with van der Waals surface area (Å²) in [6.07, 6.45) is 2.19. The summed E-state index contributed by atoms with van der Waals surface area (Å²) in [6.45, 7) is 1.91. The normalized spacial score (nSPS) is 13.8. The molecule has 1 N–H and O–H groups in total. The molecule has 25 heavy (non-hydrogen) atoms. The summed E-state index contributed by atoms with van der Waals surface area (Å²) < 4.78 is 19.4. The first kappa shape index (κ1) is 16.0. The van der Waals surface area contributed by atoms with Gasteiger partial charge in [0.15, 0.2) is 0 Å². The third-order valence-electron chi connectivity index (χ3n) is 4.08. The molecule has 0 aliphatic heterocycles. The predicted octanol–water partition coefficient (Wildman–Crippen LogP) is 4.30. The number of hydrogen-bond acceptors (Lipinski definition) is 5. The molecule has 4 rings (SSSR count). The lowest BCUT2D eigenvalue weighted by molar-refractivity contribution is -0.115. The zero-order valence-corrected chi connectivity index (χ0v) is 14.4. The molecule has 1 aliphatic rings. The van der Waals surface area contributed by atoms with Crippen LogP contribution in [0.5, 0.6) is 0 Å². The van der Waals surface area contributed by atoms with Crippen molar-refractivity contribution >= 4 is 22.9 Å². The van der Waals surface area contributed by atoms with E-state index in [1.807, 2.05) is 13.0 Å². The van der Waals surface area contributed by atoms with Crippen LogP contribution >= 0.6 is 11.3 Å². The van der Waals surface area contributed by atoms with Gasteiger partial charge in [0.25, 0.3) is 5.89 Å². The highest BCUT2D eigenvalue weighted by molar-refractivity contribution is 7.15. The molecular formula is C18H16FN3O2S. The number of aromatic nitrogens is 2. The quantitative estimate of drug-likeness (QED) is 0.739. The maximum Gasteiger partial charge on any atom is 0.257 e. The Balaban J connectivity index is 1.48. The maximum absolute atomic E-state index is 13.7. The van der Waals surface area contributed by atoms with Gasteiger partial charge in [-0.15, -0.1) is 21.5 Å². The molecular weight excluding hydrogens is 341 g/mol. The van der Waals surface area contributed by atoms with Gasteiger partial charge < -0.3 is 9.73 Å². The van der Waals surface area contributed by atoms with Crippen molar-refractivity contribution in [2.24, 2.45) is 0 Å². The first-order valence-corrected chi connectivity index (χ1v) is 8.89. The van der Waals surface area contributed by atoms with Gasteiger partial charge in [0.05, 0.1) is 17.0 Å². The summed E-state index contributed by atoms with van der Waals surface area (Å²) in [7, 11) is 0. The van der Waals surface area contributed by atoms with E-state index >= 15 is 0 Å². The van der Waals surface area contributed by atoms with E-state index in [9.17, 15) is 9.18 Å². The Hall–Kier alpha value is -2.54. The van der Waals surface area contributed by atoms with Gasteiger partial charge in [0, 0.05) is 10.8 Å². The van der Waals surface area contributed by atoms with Gasteiger partial charge in [0.1, 0.15) is 5.82 Å². The summed E-state index contributed by atoms with van der Waals surface area (Å²) in [5, 5.41) is 11.0. The Morgan fingerprint density at radius 3 is 2.92 bits per heavy atom. The molecule has 1 amide bonds. The second kappa shape index (κ2) is 6.40. The topological polar surface area (TPSA) is 68.0 Å². The van der Waals surface area contributed by atoms with Gasteiger partial charge in [-0.3, -0.25) is 4.79 Å². The molecule has 0 bridgehead atoms. The Kier molecular flexibility index (Phi) is 4.09.